The predicted octanol–water partition coefficient (Wildman–Crippen LogP) is 4.71. The Morgan fingerprint density at radius 1 is 1.10 bits per heavy atom. The number of nitrogens with one attached hydrogen (secondary N) is 2. The molecule has 0 radical (unpaired) electrons. The van der Waals surface area contributed by atoms with E-state index in [9.17, 15) is 4.79 Å². The van der Waals surface area contributed by atoms with E-state index in [0.717, 1.165) is 33.9 Å². The van der Waals surface area contributed by atoms with Crippen LogP contribution in [0.2, 0.25) is 0 Å². The normalized spacial score (nSPS) is 16.6. The average Bonchev–Trinajstić information content (AvgIpc) is 3.45. The zero-order valence-electron chi connectivity index (χ0n) is 22.9. The number of benzene rings is 1. The molecule has 1 aromatic carbocycles. The van der Waals surface area contributed by atoms with Gasteiger partial charge in [0.05, 0.1) is 30.6 Å². The quantitative estimate of drug-likeness (QED) is 0.286. The average molecular weight is 557 g/mol. The molecule has 9 nitrogen and oxygen atoms in total. The number of aromatic nitrogens is 3. The van der Waals surface area contributed by atoms with Gasteiger partial charge in [0, 0.05) is 49.3 Å². The molecule has 4 aromatic rings. The van der Waals surface area contributed by atoms with Crippen LogP contribution < -0.4 is 20.3 Å². The highest BCUT2D eigenvalue weighted by Gasteiger charge is 2.42. The van der Waals surface area contributed by atoms with Crippen LogP contribution in [0.4, 0.5) is 11.4 Å². The summed E-state index contributed by atoms with van der Waals surface area (Å²) in [4.78, 5) is 23.4. The highest BCUT2D eigenvalue weighted by Crippen LogP contribution is 2.44. The standard InChI is InChI=1S/C30H32N6O3S/c1-19-14-23(20(2)35(19)17-21-8-7-12-31-16-21)29-28(24-9-5-6-13-32-24)34-30(40)36(29)22-10-11-26(39-4)25(15-22)33-27(37)18-38-3/h5-16,28-29H,17-18H2,1-4H3,(H,33,37)(H,34,40). The van der Waals surface area contributed by atoms with Crippen molar-refractivity contribution in [2.75, 3.05) is 31.0 Å². The highest BCUT2D eigenvalue weighted by molar-refractivity contribution is 7.80. The van der Waals surface area contributed by atoms with E-state index >= 15 is 0 Å². The Hall–Kier alpha value is -4.28. The van der Waals surface area contributed by atoms with Gasteiger partial charge in [-0.05, 0) is 79.7 Å². The number of pyridine rings is 2. The van der Waals surface area contributed by atoms with Gasteiger partial charge >= 0.3 is 0 Å². The number of hydrogen-bond donors (Lipinski definition) is 2. The van der Waals surface area contributed by atoms with Crippen molar-refractivity contribution in [3.8, 4) is 5.75 Å². The van der Waals surface area contributed by atoms with Crippen molar-refractivity contribution in [1.29, 1.82) is 0 Å². The SMILES string of the molecule is COCC(=O)Nc1cc(N2C(=S)NC(c3ccccn3)C2c2cc(C)n(Cc3cccnc3)c2C)ccc1OC. The Balaban J connectivity index is 1.60. The van der Waals surface area contributed by atoms with E-state index < -0.39 is 0 Å². The maximum Gasteiger partial charge on any atom is 0.250 e. The van der Waals surface area contributed by atoms with E-state index in [1.54, 1.807) is 19.5 Å². The maximum atomic E-state index is 12.4. The summed E-state index contributed by atoms with van der Waals surface area (Å²) >= 11 is 5.93. The fourth-order valence-corrected chi connectivity index (χ4v) is 5.60. The summed E-state index contributed by atoms with van der Waals surface area (Å²) in [6.07, 6.45) is 5.47. The van der Waals surface area contributed by atoms with Crippen molar-refractivity contribution in [2.24, 2.45) is 0 Å². The van der Waals surface area contributed by atoms with Crippen LogP contribution in [0.1, 0.15) is 40.3 Å². The van der Waals surface area contributed by atoms with Crippen LogP contribution in [0.3, 0.4) is 0 Å². The second-order valence-electron chi connectivity index (χ2n) is 9.64. The number of anilines is 2. The van der Waals surface area contributed by atoms with Crippen LogP contribution in [0, 0.1) is 13.8 Å². The molecular weight excluding hydrogens is 524 g/mol. The molecule has 1 aliphatic rings. The van der Waals surface area contributed by atoms with Gasteiger partial charge in [-0.2, -0.15) is 0 Å². The number of ether oxygens (including phenoxy) is 2. The van der Waals surface area contributed by atoms with Gasteiger partial charge in [0.1, 0.15) is 12.4 Å². The number of carbonyl (C=O) groups excluding carboxylic acids is 1. The predicted molar refractivity (Wildman–Crippen MR) is 159 cm³/mol. The fraction of sp³-hybridized carbons (Fsp3) is 0.267. The minimum atomic E-state index is -0.276. The van der Waals surface area contributed by atoms with Crippen LogP contribution in [-0.4, -0.2) is 46.4 Å². The largest absolute Gasteiger partial charge is 0.495 e. The molecule has 2 N–H and O–H groups in total. The summed E-state index contributed by atoms with van der Waals surface area (Å²) < 4.78 is 12.8. The van der Waals surface area contributed by atoms with Gasteiger partial charge in [-0.15, -0.1) is 0 Å². The molecule has 2 atom stereocenters. The van der Waals surface area contributed by atoms with Crippen molar-refractivity contribution < 1.29 is 14.3 Å². The third-order valence-corrected chi connectivity index (χ3v) is 7.42. The Kier molecular flexibility index (Phi) is 8.09. The van der Waals surface area contributed by atoms with Crippen LogP contribution in [0.5, 0.6) is 5.75 Å². The highest BCUT2D eigenvalue weighted by atomic mass is 32.1. The number of hydrogen-bond acceptors (Lipinski definition) is 6. The molecule has 1 saturated heterocycles. The zero-order valence-corrected chi connectivity index (χ0v) is 23.7. The van der Waals surface area contributed by atoms with Crippen molar-refractivity contribution in [2.45, 2.75) is 32.5 Å². The zero-order chi connectivity index (χ0) is 28.2. The van der Waals surface area contributed by atoms with Gasteiger partial charge in [0.15, 0.2) is 5.11 Å². The third kappa shape index (κ3) is 5.41. The lowest BCUT2D eigenvalue weighted by Gasteiger charge is -2.29. The summed E-state index contributed by atoms with van der Waals surface area (Å²) in [5.41, 5.74) is 6.75. The Morgan fingerprint density at radius 2 is 1.95 bits per heavy atom. The molecular formula is C30H32N6O3S. The Labute approximate surface area is 239 Å². The molecule has 0 saturated carbocycles. The van der Waals surface area contributed by atoms with Gasteiger partial charge in [-0.25, -0.2) is 0 Å². The second kappa shape index (κ2) is 11.8. The summed E-state index contributed by atoms with van der Waals surface area (Å²) in [6, 6.07) is 17.4. The molecule has 40 heavy (non-hydrogen) atoms. The summed E-state index contributed by atoms with van der Waals surface area (Å²) in [6.45, 7) is 4.90. The van der Waals surface area contributed by atoms with Gasteiger partial charge in [-0.1, -0.05) is 12.1 Å². The number of thiocarbonyl (C=S) groups is 1. The van der Waals surface area contributed by atoms with E-state index in [1.807, 2.05) is 48.7 Å². The lowest BCUT2D eigenvalue weighted by Crippen LogP contribution is -2.29. The molecule has 0 bridgehead atoms. The van der Waals surface area contributed by atoms with E-state index in [-0.39, 0.29) is 24.6 Å². The van der Waals surface area contributed by atoms with Gasteiger partial charge in [-0.3, -0.25) is 14.8 Å². The smallest absolute Gasteiger partial charge is 0.250 e. The number of aryl methyl sites for hydroxylation is 1. The van der Waals surface area contributed by atoms with Crippen molar-refractivity contribution >= 4 is 34.6 Å². The number of rotatable bonds is 9. The fourth-order valence-electron chi connectivity index (χ4n) is 5.25. The number of amides is 1. The molecule has 5 rings (SSSR count). The van der Waals surface area contributed by atoms with Crippen molar-refractivity contribution in [1.82, 2.24) is 19.9 Å². The molecule has 3 aromatic heterocycles. The topological polar surface area (TPSA) is 93.5 Å². The number of methoxy groups -OCH3 is 2. The molecule has 1 amide bonds. The molecule has 4 heterocycles. The minimum Gasteiger partial charge on any atom is -0.495 e. The van der Waals surface area contributed by atoms with Crippen molar-refractivity contribution in [3.05, 3.63) is 101 Å². The molecule has 0 aliphatic carbocycles. The van der Waals surface area contributed by atoms with Crippen LogP contribution in [0.15, 0.2) is 73.2 Å². The van der Waals surface area contributed by atoms with E-state index in [1.165, 1.54) is 7.11 Å². The summed E-state index contributed by atoms with van der Waals surface area (Å²) in [5, 5.41) is 6.97. The second-order valence-corrected chi connectivity index (χ2v) is 10.0. The summed E-state index contributed by atoms with van der Waals surface area (Å²) in [7, 11) is 3.05. The van der Waals surface area contributed by atoms with Crippen molar-refractivity contribution in [3.63, 3.8) is 0 Å². The number of nitrogens with zero attached hydrogens (tertiary/aromatic N) is 4. The molecule has 10 heteroatoms. The summed E-state index contributed by atoms with van der Waals surface area (Å²) in [5.74, 6) is 0.265. The third-order valence-electron chi connectivity index (χ3n) is 7.10. The van der Waals surface area contributed by atoms with Crippen LogP contribution >= 0.6 is 12.2 Å². The van der Waals surface area contributed by atoms with E-state index in [4.69, 9.17) is 21.7 Å². The molecule has 206 valence electrons. The molecule has 0 spiro atoms. The van der Waals surface area contributed by atoms with Crippen LogP contribution in [-0.2, 0) is 16.1 Å². The Morgan fingerprint density at radius 3 is 2.65 bits per heavy atom. The van der Waals surface area contributed by atoms with Crippen LogP contribution in [0.25, 0.3) is 0 Å². The first-order valence-corrected chi connectivity index (χ1v) is 13.3. The lowest BCUT2D eigenvalue weighted by molar-refractivity contribution is -0.119. The molecule has 2 unspecified atom stereocenters. The van der Waals surface area contributed by atoms with E-state index in [2.05, 4.69) is 56.0 Å². The van der Waals surface area contributed by atoms with Gasteiger partial charge < -0.3 is 29.6 Å². The Bertz CT molecular complexity index is 1510. The molecule has 1 fully saturated rings. The maximum absolute atomic E-state index is 12.4. The van der Waals surface area contributed by atoms with Gasteiger partial charge in [0.2, 0.25) is 5.91 Å². The first-order chi connectivity index (χ1) is 19.4. The number of carbonyl (C=O) groups is 1. The first kappa shape index (κ1) is 27.3. The lowest BCUT2D eigenvalue weighted by atomic mass is 9.96. The van der Waals surface area contributed by atoms with E-state index in [0.29, 0.717) is 23.1 Å². The molecule has 1 aliphatic heterocycles. The first-order valence-electron chi connectivity index (χ1n) is 12.9. The van der Waals surface area contributed by atoms with Gasteiger partial charge in [0.25, 0.3) is 0 Å². The monoisotopic (exact) mass is 556 g/mol. The minimum absolute atomic E-state index is 0.0651.